The predicted molar refractivity (Wildman–Crippen MR) is 93.5 cm³/mol. The highest BCUT2D eigenvalue weighted by atomic mass is 16.2. The van der Waals surface area contributed by atoms with E-state index in [1.807, 2.05) is 11.8 Å². The molecule has 0 spiro atoms. The summed E-state index contributed by atoms with van der Waals surface area (Å²) < 4.78 is 0. The smallest absolute Gasteiger partial charge is 0.245 e. The van der Waals surface area contributed by atoms with Crippen LogP contribution in [0, 0.1) is 0 Å². The van der Waals surface area contributed by atoms with Crippen molar-refractivity contribution in [1.29, 1.82) is 0 Å². The van der Waals surface area contributed by atoms with E-state index in [1.165, 1.54) is 76.7 Å². The Morgan fingerprint density at radius 3 is 1.62 bits per heavy atom. The second-order valence-corrected chi connectivity index (χ2v) is 6.01. The molecule has 0 unspecified atom stereocenters. The van der Waals surface area contributed by atoms with Crippen LogP contribution in [0.15, 0.2) is 12.7 Å². The van der Waals surface area contributed by atoms with Crippen LogP contribution in [0.3, 0.4) is 0 Å². The van der Waals surface area contributed by atoms with E-state index in [2.05, 4.69) is 13.5 Å². The quantitative estimate of drug-likeness (QED) is 0.279. The second kappa shape index (κ2) is 15.6. The van der Waals surface area contributed by atoms with Gasteiger partial charge < -0.3 is 4.90 Å². The Hall–Kier alpha value is -0.790. The largest absolute Gasteiger partial charge is 0.339 e. The van der Waals surface area contributed by atoms with Crippen LogP contribution >= 0.6 is 0 Å². The number of amides is 1. The summed E-state index contributed by atoms with van der Waals surface area (Å²) in [6.45, 7) is 9.53. The summed E-state index contributed by atoms with van der Waals surface area (Å²) >= 11 is 0. The summed E-state index contributed by atoms with van der Waals surface area (Å²) in [7, 11) is 0. The van der Waals surface area contributed by atoms with Gasteiger partial charge in [0.25, 0.3) is 0 Å². The van der Waals surface area contributed by atoms with Crippen LogP contribution in [-0.4, -0.2) is 23.9 Å². The minimum absolute atomic E-state index is 0.0700. The van der Waals surface area contributed by atoms with Crippen molar-refractivity contribution >= 4 is 5.91 Å². The molecular weight excluding hydrogens is 258 g/mol. The third-order valence-electron chi connectivity index (χ3n) is 4.15. The van der Waals surface area contributed by atoms with Crippen LogP contribution < -0.4 is 0 Å². The van der Waals surface area contributed by atoms with Gasteiger partial charge in [-0.2, -0.15) is 0 Å². The van der Waals surface area contributed by atoms with Gasteiger partial charge in [0.15, 0.2) is 0 Å². The van der Waals surface area contributed by atoms with Gasteiger partial charge in [-0.3, -0.25) is 4.79 Å². The van der Waals surface area contributed by atoms with Crippen molar-refractivity contribution in [2.45, 2.75) is 90.9 Å². The lowest BCUT2D eigenvalue weighted by molar-refractivity contribution is -0.125. The zero-order valence-electron chi connectivity index (χ0n) is 14.5. The molecule has 0 rings (SSSR count). The van der Waals surface area contributed by atoms with E-state index < -0.39 is 0 Å². The molecule has 2 nitrogen and oxygen atoms in total. The highest BCUT2D eigenvalue weighted by molar-refractivity contribution is 5.86. The molecule has 0 atom stereocenters. The van der Waals surface area contributed by atoms with Gasteiger partial charge in [-0.25, -0.2) is 0 Å². The van der Waals surface area contributed by atoms with E-state index in [9.17, 15) is 4.79 Å². The Morgan fingerprint density at radius 1 is 0.810 bits per heavy atom. The lowest BCUT2D eigenvalue weighted by Crippen LogP contribution is -2.29. The van der Waals surface area contributed by atoms with Crippen LogP contribution in [0.2, 0.25) is 0 Å². The van der Waals surface area contributed by atoms with E-state index in [0.29, 0.717) is 0 Å². The topological polar surface area (TPSA) is 20.3 Å². The molecular formula is C19H37NO. The molecule has 0 aromatic heterocycles. The van der Waals surface area contributed by atoms with Crippen LogP contribution in [0.5, 0.6) is 0 Å². The van der Waals surface area contributed by atoms with Crippen molar-refractivity contribution in [3.8, 4) is 0 Å². The first-order valence-corrected chi connectivity index (χ1v) is 9.17. The molecule has 0 aliphatic carbocycles. The SMILES string of the molecule is C=CC(=O)N(CC)CCCCCCCCCCCCCC. The van der Waals surface area contributed by atoms with Crippen LogP contribution in [0.25, 0.3) is 0 Å². The molecule has 0 aliphatic rings. The van der Waals surface area contributed by atoms with Crippen molar-refractivity contribution < 1.29 is 4.79 Å². The van der Waals surface area contributed by atoms with E-state index in [4.69, 9.17) is 0 Å². The van der Waals surface area contributed by atoms with Gasteiger partial charge in [-0.05, 0) is 19.4 Å². The van der Waals surface area contributed by atoms with Crippen LogP contribution in [0.1, 0.15) is 90.9 Å². The lowest BCUT2D eigenvalue weighted by atomic mass is 10.1. The van der Waals surface area contributed by atoms with Crippen molar-refractivity contribution in [1.82, 2.24) is 4.90 Å². The Balaban J connectivity index is 3.25. The number of hydrogen-bond donors (Lipinski definition) is 0. The molecule has 0 aromatic rings. The zero-order valence-corrected chi connectivity index (χ0v) is 14.5. The van der Waals surface area contributed by atoms with Gasteiger partial charge in [-0.15, -0.1) is 0 Å². The molecule has 0 saturated heterocycles. The van der Waals surface area contributed by atoms with E-state index in [1.54, 1.807) is 0 Å². The molecule has 0 aliphatic heterocycles. The van der Waals surface area contributed by atoms with Crippen molar-refractivity contribution in [2.24, 2.45) is 0 Å². The number of unbranched alkanes of at least 4 members (excludes halogenated alkanes) is 11. The third-order valence-corrected chi connectivity index (χ3v) is 4.15. The number of rotatable bonds is 15. The number of carbonyl (C=O) groups excluding carboxylic acids is 1. The molecule has 0 bridgehead atoms. The van der Waals surface area contributed by atoms with Crippen molar-refractivity contribution in [3.63, 3.8) is 0 Å². The van der Waals surface area contributed by atoms with Gasteiger partial charge in [0.1, 0.15) is 0 Å². The lowest BCUT2D eigenvalue weighted by Gasteiger charge is -2.18. The summed E-state index contributed by atoms with van der Waals surface area (Å²) in [5, 5.41) is 0. The standard InChI is InChI=1S/C19H37NO/c1-4-7-8-9-10-11-12-13-14-15-16-17-18-20(6-3)19(21)5-2/h5H,2,4,6-18H2,1,3H3. The molecule has 124 valence electrons. The molecule has 0 N–H and O–H groups in total. The van der Waals surface area contributed by atoms with Crippen molar-refractivity contribution in [3.05, 3.63) is 12.7 Å². The maximum absolute atomic E-state index is 11.5. The molecule has 21 heavy (non-hydrogen) atoms. The third kappa shape index (κ3) is 12.6. The Labute approximate surface area is 133 Å². The fourth-order valence-corrected chi connectivity index (χ4v) is 2.70. The fourth-order valence-electron chi connectivity index (χ4n) is 2.70. The highest BCUT2D eigenvalue weighted by Gasteiger charge is 2.06. The number of carbonyl (C=O) groups is 1. The van der Waals surface area contributed by atoms with Gasteiger partial charge in [0, 0.05) is 13.1 Å². The summed E-state index contributed by atoms with van der Waals surface area (Å²) in [6.07, 6.45) is 17.7. The summed E-state index contributed by atoms with van der Waals surface area (Å²) in [6, 6.07) is 0. The average Bonchev–Trinajstić information content (AvgIpc) is 2.51. The van der Waals surface area contributed by atoms with Gasteiger partial charge in [0.05, 0.1) is 0 Å². The minimum atomic E-state index is 0.0700. The molecule has 0 saturated carbocycles. The van der Waals surface area contributed by atoms with Crippen molar-refractivity contribution in [2.75, 3.05) is 13.1 Å². The zero-order chi connectivity index (χ0) is 15.8. The monoisotopic (exact) mass is 295 g/mol. The van der Waals surface area contributed by atoms with Gasteiger partial charge >= 0.3 is 0 Å². The summed E-state index contributed by atoms with van der Waals surface area (Å²) in [5.41, 5.74) is 0. The van der Waals surface area contributed by atoms with Crippen LogP contribution in [0.4, 0.5) is 0 Å². The fraction of sp³-hybridized carbons (Fsp3) is 0.842. The first-order valence-electron chi connectivity index (χ1n) is 9.17. The molecule has 0 fully saturated rings. The van der Waals surface area contributed by atoms with Gasteiger partial charge in [-0.1, -0.05) is 84.1 Å². The maximum atomic E-state index is 11.5. The Bertz CT molecular complexity index is 250. The second-order valence-electron chi connectivity index (χ2n) is 6.01. The summed E-state index contributed by atoms with van der Waals surface area (Å²) in [4.78, 5) is 13.4. The predicted octanol–water partition coefficient (Wildman–Crippen LogP) is 5.72. The summed E-state index contributed by atoms with van der Waals surface area (Å²) in [5.74, 6) is 0.0700. The van der Waals surface area contributed by atoms with E-state index in [-0.39, 0.29) is 5.91 Å². The van der Waals surface area contributed by atoms with Gasteiger partial charge in [0.2, 0.25) is 5.91 Å². The van der Waals surface area contributed by atoms with Crippen LogP contribution in [-0.2, 0) is 4.79 Å². The maximum Gasteiger partial charge on any atom is 0.245 e. The number of hydrogen-bond acceptors (Lipinski definition) is 1. The number of nitrogens with zero attached hydrogens (tertiary/aromatic N) is 1. The van der Waals surface area contributed by atoms with E-state index in [0.717, 1.165) is 19.5 Å². The Morgan fingerprint density at radius 2 is 1.24 bits per heavy atom. The minimum Gasteiger partial charge on any atom is -0.339 e. The highest BCUT2D eigenvalue weighted by Crippen LogP contribution is 2.12. The molecule has 1 amide bonds. The first-order chi connectivity index (χ1) is 10.3. The number of likely N-dealkylation sites (N-methyl/N-ethyl adjacent to an activating group) is 1. The normalized spacial score (nSPS) is 10.6. The van der Waals surface area contributed by atoms with E-state index >= 15 is 0 Å². The molecule has 0 aromatic carbocycles. The molecule has 0 radical (unpaired) electrons. The molecule has 0 heterocycles. The average molecular weight is 296 g/mol. The first kappa shape index (κ1) is 20.2. The molecule has 2 heteroatoms. The Kier molecular flexibility index (Phi) is 15.0.